The minimum absolute atomic E-state index is 0.301. The van der Waals surface area contributed by atoms with Crippen molar-refractivity contribution in [2.75, 3.05) is 21.3 Å². The maximum absolute atomic E-state index is 11.8. The molecule has 1 unspecified atom stereocenters. The predicted octanol–water partition coefficient (Wildman–Crippen LogP) is 2.85. The van der Waals surface area contributed by atoms with E-state index in [1.807, 2.05) is 0 Å². The summed E-state index contributed by atoms with van der Waals surface area (Å²) in [7, 11) is 4.47. The highest BCUT2D eigenvalue weighted by atomic mass is 79.9. The fraction of sp³-hybridized carbons (Fsp3) is 0.364. The van der Waals surface area contributed by atoms with Crippen LogP contribution in [0.4, 0.5) is 0 Å². The van der Waals surface area contributed by atoms with Crippen LogP contribution in [0.15, 0.2) is 12.1 Å². The normalized spacial score (nSPS) is 11.8. The number of alkyl halides is 2. The standard InChI is InChI=1S/C11H12BrClO4/c1-15-7-5-9(17-3)8(16-2)4-6(7)10(14)11(12)13/h4-5,11H,1-3H3. The molecule has 0 bridgehead atoms. The molecular formula is C11H12BrClO4. The van der Waals surface area contributed by atoms with E-state index < -0.39 is 4.29 Å². The Hall–Kier alpha value is -0.940. The van der Waals surface area contributed by atoms with Crippen molar-refractivity contribution < 1.29 is 19.0 Å². The van der Waals surface area contributed by atoms with Crippen LogP contribution in [0.3, 0.4) is 0 Å². The minimum atomic E-state index is -0.811. The van der Waals surface area contributed by atoms with Gasteiger partial charge in [0.1, 0.15) is 5.75 Å². The number of benzene rings is 1. The molecule has 0 aliphatic heterocycles. The number of hydrogen-bond acceptors (Lipinski definition) is 4. The first-order valence-corrected chi connectivity index (χ1v) is 6.02. The lowest BCUT2D eigenvalue weighted by Gasteiger charge is -2.13. The second kappa shape index (κ2) is 6.12. The number of hydrogen-bond donors (Lipinski definition) is 0. The summed E-state index contributed by atoms with van der Waals surface area (Å²) in [4.78, 5) is 11.8. The van der Waals surface area contributed by atoms with Crippen LogP contribution in [0, 0.1) is 0 Å². The molecule has 0 aromatic heterocycles. The molecule has 0 saturated carbocycles. The third kappa shape index (κ3) is 3.04. The summed E-state index contributed by atoms with van der Waals surface area (Å²) >= 11 is 8.71. The topological polar surface area (TPSA) is 44.8 Å². The molecule has 0 N–H and O–H groups in total. The lowest BCUT2D eigenvalue weighted by atomic mass is 10.1. The smallest absolute Gasteiger partial charge is 0.195 e. The van der Waals surface area contributed by atoms with Crippen molar-refractivity contribution in [3.05, 3.63) is 17.7 Å². The summed E-state index contributed by atoms with van der Waals surface area (Å²) < 4.78 is 14.5. The molecule has 17 heavy (non-hydrogen) atoms. The summed E-state index contributed by atoms with van der Waals surface area (Å²) in [5.74, 6) is 1.02. The van der Waals surface area contributed by atoms with Crippen molar-refractivity contribution >= 4 is 33.3 Å². The molecule has 6 heteroatoms. The highest BCUT2D eigenvalue weighted by Crippen LogP contribution is 2.35. The molecule has 0 heterocycles. The van der Waals surface area contributed by atoms with Crippen LogP contribution in [0.25, 0.3) is 0 Å². The molecule has 1 atom stereocenters. The number of Topliss-reactive ketones (excluding diaryl/α,β-unsaturated/α-hetero) is 1. The van der Waals surface area contributed by atoms with Crippen LogP contribution in [-0.2, 0) is 0 Å². The molecule has 0 saturated heterocycles. The number of rotatable bonds is 5. The lowest BCUT2D eigenvalue weighted by Crippen LogP contribution is -2.10. The quantitative estimate of drug-likeness (QED) is 0.617. The molecule has 4 nitrogen and oxygen atoms in total. The Morgan fingerprint density at radius 2 is 1.59 bits per heavy atom. The van der Waals surface area contributed by atoms with Gasteiger partial charge in [0.05, 0.1) is 26.9 Å². The van der Waals surface area contributed by atoms with Crippen LogP contribution < -0.4 is 14.2 Å². The zero-order chi connectivity index (χ0) is 13.0. The Bertz CT molecular complexity index is 420. The van der Waals surface area contributed by atoms with Gasteiger partial charge in [-0.05, 0) is 6.07 Å². The molecular weight excluding hydrogens is 311 g/mol. The van der Waals surface area contributed by atoms with Gasteiger partial charge in [0.2, 0.25) is 0 Å². The van der Waals surface area contributed by atoms with Gasteiger partial charge in [0.15, 0.2) is 21.6 Å². The Morgan fingerprint density at radius 1 is 1.12 bits per heavy atom. The van der Waals surface area contributed by atoms with Crippen molar-refractivity contribution in [3.63, 3.8) is 0 Å². The molecule has 0 radical (unpaired) electrons. The largest absolute Gasteiger partial charge is 0.496 e. The Kier molecular flexibility index (Phi) is 5.08. The molecule has 0 aliphatic rings. The van der Waals surface area contributed by atoms with E-state index in [2.05, 4.69) is 15.9 Å². The van der Waals surface area contributed by atoms with Crippen LogP contribution in [0.1, 0.15) is 10.4 Å². The van der Waals surface area contributed by atoms with E-state index in [1.165, 1.54) is 27.4 Å². The molecule has 1 rings (SSSR count). The van der Waals surface area contributed by atoms with Crippen LogP contribution >= 0.6 is 27.5 Å². The SMILES string of the molecule is COc1cc(OC)c(C(=O)C(Cl)Br)cc1OC. The van der Waals surface area contributed by atoms with Gasteiger partial charge in [-0.3, -0.25) is 4.79 Å². The number of ether oxygens (including phenoxy) is 3. The Labute approximate surface area is 113 Å². The zero-order valence-electron chi connectivity index (χ0n) is 9.62. The second-order valence-corrected chi connectivity index (χ2v) is 4.95. The van der Waals surface area contributed by atoms with E-state index in [1.54, 1.807) is 6.07 Å². The Balaban J connectivity index is 3.33. The van der Waals surface area contributed by atoms with Crippen molar-refractivity contribution in [1.29, 1.82) is 0 Å². The van der Waals surface area contributed by atoms with Gasteiger partial charge in [0.25, 0.3) is 0 Å². The number of halogens is 2. The monoisotopic (exact) mass is 322 g/mol. The fourth-order valence-corrected chi connectivity index (χ4v) is 1.70. The lowest BCUT2D eigenvalue weighted by molar-refractivity contribution is 0.101. The van der Waals surface area contributed by atoms with E-state index in [0.29, 0.717) is 22.8 Å². The first kappa shape index (κ1) is 14.1. The van der Waals surface area contributed by atoms with Gasteiger partial charge in [-0.2, -0.15) is 0 Å². The molecule has 0 spiro atoms. The molecule has 0 amide bonds. The van der Waals surface area contributed by atoms with Crippen molar-refractivity contribution in [3.8, 4) is 17.2 Å². The highest BCUT2D eigenvalue weighted by Gasteiger charge is 2.21. The summed E-state index contributed by atoms with van der Waals surface area (Å²) in [5.41, 5.74) is 0.335. The van der Waals surface area contributed by atoms with Gasteiger partial charge in [-0.15, -0.1) is 11.6 Å². The van der Waals surface area contributed by atoms with Gasteiger partial charge in [-0.25, -0.2) is 0 Å². The predicted molar refractivity (Wildman–Crippen MR) is 69.0 cm³/mol. The number of methoxy groups -OCH3 is 3. The first-order chi connectivity index (χ1) is 8.04. The van der Waals surface area contributed by atoms with Gasteiger partial charge < -0.3 is 14.2 Å². The van der Waals surface area contributed by atoms with Crippen molar-refractivity contribution in [2.45, 2.75) is 4.29 Å². The van der Waals surface area contributed by atoms with Crippen LogP contribution in [0.2, 0.25) is 0 Å². The van der Waals surface area contributed by atoms with Crippen molar-refractivity contribution in [2.24, 2.45) is 0 Å². The van der Waals surface area contributed by atoms with Gasteiger partial charge in [0, 0.05) is 6.07 Å². The van der Waals surface area contributed by atoms with Gasteiger partial charge >= 0.3 is 0 Å². The second-order valence-electron chi connectivity index (χ2n) is 3.07. The van der Waals surface area contributed by atoms with Crippen LogP contribution in [0.5, 0.6) is 17.2 Å². The van der Waals surface area contributed by atoms with E-state index >= 15 is 0 Å². The summed E-state index contributed by atoms with van der Waals surface area (Å²) in [6.07, 6.45) is 0. The van der Waals surface area contributed by atoms with E-state index in [-0.39, 0.29) is 5.78 Å². The average Bonchev–Trinajstić information content (AvgIpc) is 2.35. The molecule has 0 aliphatic carbocycles. The number of carbonyl (C=O) groups excluding carboxylic acids is 1. The van der Waals surface area contributed by atoms with E-state index in [4.69, 9.17) is 25.8 Å². The summed E-state index contributed by atoms with van der Waals surface area (Å²) in [6.45, 7) is 0. The number of carbonyl (C=O) groups is 1. The average molecular weight is 324 g/mol. The third-order valence-corrected chi connectivity index (χ3v) is 2.78. The maximum Gasteiger partial charge on any atom is 0.195 e. The molecule has 94 valence electrons. The summed E-state index contributed by atoms with van der Waals surface area (Å²) in [6, 6.07) is 3.12. The van der Waals surface area contributed by atoms with E-state index in [9.17, 15) is 4.79 Å². The zero-order valence-corrected chi connectivity index (χ0v) is 12.0. The molecule has 1 aromatic carbocycles. The third-order valence-electron chi connectivity index (χ3n) is 2.17. The molecule has 1 aromatic rings. The van der Waals surface area contributed by atoms with Crippen LogP contribution in [-0.4, -0.2) is 31.4 Å². The Morgan fingerprint density at radius 3 is 2.00 bits per heavy atom. The maximum atomic E-state index is 11.8. The highest BCUT2D eigenvalue weighted by molar-refractivity contribution is 9.10. The van der Waals surface area contributed by atoms with Crippen molar-refractivity contribution in [1.82, 2.24) is 0 Å². The first-order valence-electron chi connectivity index (χ1n) is 4.67. The van der Waals surface area contributed by atoms with E-state index in [0.717, 1.165) is 0 Å². The molecule has 0 fully saturated rings. The van der Waals surface area contributed by atoms with Gasteiger partial charge in [-0.1, -0.05) is 15.9 Å². The summed E-state index contributed by atoms with van der Waals surface area (Å²) in [5, 5.41) is 0. The fourth-order valence-electron chi connectivity index (χ4n) is 1.34. The minimum Gasteiger partial charge on any atom is -0.496 e. The number of ketones is 1.